The van der Waals surface area contributed by atoms with Gasteiger partial charge in [0.15, 0.2) is 17.8 Å². The van der Waals surface area contributed by atoms with E-state index in [9.17, 15) is 14.0 Å². The number of hydrazone groups is 1. The van der Waals surface area contributed by atoms with Crippen molar-refractivity contribution in [1.29, 1.82) is 0 Å². The maximum atomic E-state index is 14.4. The number of rotatable bonds is 9. The lowest BCUT2D eigenvalue weighted by atomic mass is 10.1. The zero-order valence-corrected chi connectivity index (χ0v) is 24.4. The molecule has 0 spiro atoms. The van der Waals surface area contributed by atoms with Gasteiger partial charge >= 0.3 is 0 Å². The third-order valence-corrected chi connectivity index (χ3v) is 7.14. The summed E-state index contributed by atoms with van der Waals surface area (Å²) in [5, 5.41) is 10.3. The maximum Gasteiger partial charge on any atom is 0.224 e. The van der Waals surface area contributed by atoms with Gasteiger partial charge in [-0.15, -0.1) is 5.10 Å². The highest BCUT2D eigenvalue weighted by molar-refractivity contribution is 6.44. The fourth-order valence-corrected chi connectivity index (χ4v) is 4.88. The lowest BCUT2D eigenvalue weighted by molar-refractivity contribution is -0.116. The SMILES string of the molecule is CCC(=O)Nc1ccc(N2C(C(C)=O)=NN(c3ccc(Cl)cc3)C2c2cc(Cl)ccc2OCc2ccccc2F)cc1. The Labute approximate surface area is 253 Å². The molecule has 0 bridgehead atoms. The first-order chi connectivity index (χ1) is 20.2. The molecule has 1 aliphatic heterocycles. The van der Waals surface area contributed by atoms with Gasteiger partial charge in [0.2, 0.25) is 5.91 Å². The van der Waals surface area contributed by atoms with Crippen LogP contribution in [-0.2, 0) is 16.2 Å². The molecule has 214 valence electrons. The Balaban J connectivity index is 1.62. The van der Waals surface area contributed by atoms with Crippen LogP contribution >= 0.6 is 23.2 Å². The number of amides is 1. The second-order valence-corrected chi connectivity index (χ2v) is 10.4. The minimum Gasteiger partial charge on any atom is -0.488 e. The van der Waals surface area contributed by atoms with Gasteiger partial charge in [-0.1, -0.05) is 48.3 Å². The topological polar surface area (TPSA) is 74.2 Å². The van der Waals surface area contributed by atoms with E-state index in [0.29, 0.717) is 50.4 Å². The number of anilines is 3. The van der Waals surface area contributed by atoms with Crippen molar-refractivity contribution in [2.75, 3.05) is 15.2 Å². The lowest BCUT2D eigenvalue weighted by Gasteiger charge is -2.33. The molecule has 10 heteroatoms. The summed E-state index contributed by atoms with van der Waals surface area (Å²) in [5.41, 5.74) is 2.91. The number of halogens is 3. The van der Waals surface area contributed by atoms with Crippen molar-refractivity contribution in [2.45, 2.75) is 33.0 Å². The number of carbonyl (C=O) groups is 2. The number of carbonyl (C=O) groups excluding carboxylic acids is 2. The standard InChI is InChI=1S/C32H27Cl2FN4O3/c1-3-30(41)36-24-11-15-25(16-12-24)38-31(20(2)40)37-39(26-13-8-22(33)9-14-26)32(38)27-18-23(34)10-17-29(27)42-19-21-6-4-5-7-28(21)35/h4-18,32H,3,19H2,1-2H3,(H,36,41). The van der Waals surface area contributed by atoms with E-state index in [4.69, 9.17) is 33.0 Å². The first-order valence-corrected chi connectivity index (χ1v) is 14.0. The third-order valence-electron chi connectivity index (χ3n) is 6.65. The van der Waals surface area contributed by atoms with Crippen LogP contribution in [0.15, 0.2) is 96.1 Å². The van der Waals surface area contributed by atoms with Gasteiger partial charge in [0.1, 0.15) is 18.2 Å². The van der Waals surface area contributed by atoms with Crippen LogP contribution in [0, 0.1) is 5.82 Å². The lowest BCUT2D eigenvalue weighted by Crippen LogP contribution is -2.38. The number of Topliss-reactive ketones (excluding diaryl/α,β-unsaturated/α-hetero) is 1. The van der Waals surface area contributed by atoms with E-state index in [0.717, 1.165) is 0 Å². The molecule has 0 aromatic heterocycles. The summed E-state index contributed by atoms with van der Waals surface area (Å²) < 4.78 is 20.6. The number of amidine groups is 1. The predicted molar refractivity (Wildman–Crippen MR) is 165 cm³/mol. The van der Waals surface area contributed by atoms with E-state index in [1.165, 1.54) is 13.0 Å². The minimum atomic E-state index is -0.726. The molecule has 7 nitrogen and oxygen atoms in total. The van der Waals surface area contributed by atoms with Gasteiger partial charge in [0.25, 0.3) is 0 Å². The van der Waals surface area contributed by atoms with Crippen LogP contribution in [0.1, 0.15) is 37.6 Å². The molecule has 1 unspecified atom stereocenters. The van der Waals surface area contributed by atoms with Gasteiger partial charge in [-0.25, -0.2) is 9.40 Å². The molecule has 4 aromatic carbocycles. The number of hydrogen-bond acceptors (Lipinski definition) is 6. The molecule has 4 aromatic rings. The number of ketones is 1. The molecule has 0 radical (unpaired) electrons. The molecular weight excluding hydrogens is 578 g/mol. The molecule has 42 heavy (non-hydrogen) atoms. The highest BCUT2D eigenvalue weighted by atomic mass is 35.5. The number of benzene rings is 4. The average Bonchev–Trinajstić information content (AvgIpc) is 3.39. The van der Waals surface area contributed by atoms with E-state index < -0.39 is 6.17 Å². The average molecular weight is 605 g/mol. The van der Waals surface area contributed by atoms with Gasteiger partial charge in [-0.2, -0.15) is 0 Å². The maximum absolute atomic E-state index is 14.4. The molecule has 1 amide bonds. The molecule has 1 N–H and O–H groups in total. The Morgan fingerprint density at radius 3 is 2.26 bits per heavy atom. The van der Waals surface area contributed by atoms with Crippen molar-refractivity contribution < 1.29 is 18.7 Å². The Hall–Kier alpha value is -4.40. The van der Waals surface area contributed by atoms with E-state index in [1.54, 1.807) is 102 Å². The second-order valence-electron chi connectivity index (χ2n) is 9.56. The highest BCUT2D eigenvalue weighted by Gasteiger charge is 2.41. The molecule has 1 heterocycles. The van der Waals surface area contributed by atoms with Crippen molar-refractivity contribution in [2.24, 2.45) is 5.10 Å². The third kappa shape index (κ3) is 6.25. The molecular formula is C32H27Cl2FN4O3. The second kappa shape index (κ2) is 12.6. The van der Waals surface area contributed by atoms with Gasteiger partial charge in [0, 0.05) is 45.9 Å². The summed E-state index contributed by atoms with van der Waals surface area (Å²) in [6.45, 7) is 3.19. The van der Waals surface area contributed by atoms with E-state index in [-0.39, 0.29) is 30.0 Å². The highest BCUT2D eigenvalue weighted by Crippen LogP contribution is 2.43. The van der Waals surface area contributed by atoms with E-state index >= 15 is 0 Å². The molecule has 0 saturated heterocycles. The first-order valence-electron chi connectivity index (χ1n) is 13.2. The quantitative estimate of drug-likeness (QED) is 0.209. The molecule has 0 fully saturated rings. The Kier molecular flexibility index (Phi) is 8.75. The molecule has 1 aliphatic rings. The number of nitrogens with zero attached hydrogens (tertiary/aromatic N) is 3. The summed E-state index contributed by atoms with van der Waals surface area (Å²) in [6.07, 6.45) is -0.382. The van der Waals surface area contributed by atoms with Crippen molar-refractivity contribution in [1.82, 2.24) is 0 Å². The molecule has 5 rings (SSSR count). The van der Waals surface area contributed by atoms with Crippen molar-refractivity contribution in [3.63, 3.8) is 0 Å². The smallest absolute Gasteiger partial charge is 0.224 e. The minimum absolute atomic E-state index is 0.0266. The summed E-state index contributed by atoms with van der Waals surface area (Å²) in [6, 6.07) is 25.7. The van der Waals surface area contributed by atoms with E-state index in [1.807, 2.05) is 0 Å². The molecule has 1 atom stereocenters. The summed E-state index contributed by atoms with van der Waals surface area (Å²) >= 11 is 12.7. The van der Waals surface area contributed by atoms with E-state index in [2.05, 4.69) is 5.32 Å². The van der Waals surface area contributed by atoms with Gasteiger partial charge < -0.3 is 10.1 Å². The molecule has 0 aliphatic carbocycles. The first kappa shape index (κ1) is 29.1. The van der Waals surface area contributed by atoms with Gasteiger partial charge in [-0.05, 0) is 72.8 Å². The number of nitrogens with one attached hydrogen (secondary N) is 1. The predicted octanol–water partition coefficient (Wildman–Crippen LogP) is 7.99. The Bertz CT molecular complexity index is 1640. The monoisotopic (exact) mass is 604 g/mol. The fraction of sp³-hybridized carbons (Fsp3) is 0.156. The van der Waals surface area contributed by atoms with Crippen LogP contribution in [0.25, 0.3) is 0 Å². The Morgan fingerprint density at radius 1 is 0.929 bits per heavy atom. The summed E-state index contributed by atoms with van der Waals surface area (Å²) in [5.74, 6) is -0.146. The zero-order chi connectivity index (χ0) is 29.8. The van der Waals surface area contributed by atoms with Crippen LogP contribution in [0.5, 0.6) is 5.75 Å². The number of hydrogen-bond donors (Lipinski definition) is 1. The van der Waals surface area contributed by atoms with Crippen LogP contribution in [-0.4, -0.2) is 17.5 Å². The van der Waals surface area contributed by atoms with Crippen molar-refractivity contribution >= 4 is 57.8 Å². The fourth-order valence-electron chi connectivity index (χ4n) is 4.58. The summed E-state index contributed by atoms with van der Waals surface area (Å²) in [4.78, 5) is 26.7. The van der Waals surface area contributed by atoms with Crippen LogP contribution < -0.4 is 20.0 Å². The number of ether oxygens (including phenoxy) is 1. The van der Waals surface area contributed by atoms with Crippen molar-refractivity contribution in [3.8, 4) is 5.75 Å². The van der Waals surface area contributed by atoms with Crippen LogP contribution in [0.4, 0.5) is 21.5 Å². The Morgan fingerprint density at radius 2 is 1.60 bits per heavy atom. The van der Waals surface area contributed by atoms with Crippen molar-refractivity contribution in [3.05, 3.63) is 118 Å². The van der Waals surface area contributed by atoms with Gasteiger partial charge in [-0.3, -0.25) is 14.5 Å². The largest absolute Gasteiger partial charge is 0.488 e. The zero-order valence-electron chi connectivity index (χ0n) is 22.9. The normalized spacial score (nSPS) is 14.5. The van der Waals surface area contributed by atoms with Crippen LogP contribution in [0.3, 0.4) is 0 Å². The van der Waals surface area contributed by atoms with Crippen LogP contribution in [0.2, 0.25) is 10.0 Å². The molecule has 0 saturated carbocycles. The van der Waals surface area contributed by atoms with Gasteiger partial charge in [0.05, 0.1) is 5.69 Å². The summed E-state index contributed by atoms with van der Waals surface area (Å²) in [7, 11) is 0.